The molecule has 0 aliphatic rings. The number of hydrogen-bond acceptors (Lipinski definition) is 7. The second-order valence-electron chi connectivity index (χ2n) is 6.35. The Balaban J connectivity index is 1.95. The van der Waals surface area contributed by atoms with E-state index in [-0.39, 0.29) is 35.8 Å². The van der Waals surface area contributed by atoms with Crippen molar-refractivity contribution >= 4 is 28.7 Å². The summed E-state index contributed by atoms with van der Waals surface area (Å²) in [5.74, 6) is -0.912. The summed E-state index contributed by atoms with van der Waals surface area (Å²) in [6, 6.07) is 5.70. The van der Waals surface area contributed by atoms with Gasteiger partial charge in [0.2, 0.25) is 11.6 Å². The number of esters is 1. The van der Waals surface area contributed by atoms with Gasteiger partial charge in [0.15, 0.2) is 0 Å². The van der Waals surface area contributed by atoms with E-state index in [2.05, 4.69) is 15.5 Å². The number of amides is 1. The van der Waals surface area contributed by atoms with Gasteiger partial charge >= 0.3 is 5.97 Å². The molecule has 0 spiro atoms. The first kappa shape index (κ1) is 19.3. The zero-order valence-electron chi connectivity index (χ0n) is 16.0. The van der Waals surface area contributed by atoms with Crippen LogP contribution in [0, 0.1) is 20.8 Å². The Morgan fingerprint density at radius 1 is 1.25 bits per heavy atom. The Labute approximate surface area is 160 Å². The highest BCUT2D eigenvalue weighted by molar-refractivity contribution is 6.00. The molecule has 0 aliphatic carbocycles. The lowest BCUT2D eigenvalue weighted by Crippen LogP contribution is -2.30. The summed E-state index contributed by atoms with van der Waals surface area (Å²) >= 11 is 0. The van der Waals surface area contributed by atoms with Crippen molar-refractivity contribution in [1.82, 2.24) is 14.7 Å². The van der Waals surface area contributed by atoms with Gasteiger partial charge in [-0.1, -0.05) is 17.3 Å². The number of rotatable bonds is 5. The number of hydrogen-bond donors (Lipinski definition) is 1. The largest absolute Gasteiger partial charge is 0.461 e. The van der Waals surface area contributed by atoms with E-state index in [1.165, 1.54) is 4.57 Å². The Kier molecular flexibility index (Phi) is 5.25. The van der Waals surface area contributed by atoms with Gasteiger partial charge in [0.1, 0.15) is 17.8 Å². The predicted octanol–water partition coefficient (Wildman–Crippen LogP) is 2.13. The normalized spacial score (nSPS) is 10.9. The number of carbonyl (C=O) groups excluding carboxylic acids is 2. The molecule has 28 heavy (non-hydrogen) atoms. The molecule has 9 heteroatoms. The van der Waals surface area contributed by atoms with Gasteiger partial charge in [-0.05, 0) is 44.9 Å². The second-order valence-corrected chi connectivity index (χ2v) is 6.35. The summed E-state index contributed by atoms with van der Waals surface area (Å²) in [4.78, 5) is 41.5. The van der Waals surface area contributed by atoms with E-state index in [4.69, 9.17) is 9.26 Å². The molecule has 0 radical (unpaired) electrons. The number of anilines is 1. The van der Waals surface area contributed by atoms with Crippen molar-refractivity contribution in [1.29, 1.82) is 0 Å². The van der Waals surface area contributed by atoms with E-state index in [0.717, 1.165) is 11.1 Å². The fourth-order valence-corrected chi connectivity index (χ4v) is 2.77. The predicted molar refractivity (Wildman–Crippen MR) is 101 cm³/mol. The summed E-state index contributed by atoms with van der Waals surface area (Å²) in [6.07, 6.45) is 0. The van der Waals surface area contributed by atoms with E-state index in [1.54, 1.807) is 13.8 Å². The third-order valence-corrected chi connectivity index (χ3v) is 4.22. The minimum absolute atomic E-state index is 0.0725. The first-order valence-corrected chi connectivity index (χ1v) is 8.72. The molecule has 0 aliphatic heterocycles. The van der Waals surface area contributed by atoms with E-state index in [0.29, 0.717) is 5.69 Å². The third kappa shape index (κ3) is 3.64. The Hall–Kier alpha value is -3.49. The van der Waals surface area contributed by atoms with Gasteiger partial charge in [0, 0.05) is 5.69 Å². The third-order valence-electron chi connectivity index (χ3n) is 4.22. The van der Waals surface area contributed by atoms with Crippen LogP contribution in [0.4, 0.5) is 5.69 Å². The second kappa shape index (κ2) is 7.63. The van der Waals surface area contributed by atoms with Crippen molar-refractivity contribution in [3.63, 3.8) is 0 Å². The minimum atomic E-state index is -0.782. The summed E-state index contributed by atoms with van der Waals surface area (Å²) in [5.41, 5.74) is 1.65. The molecule has 0 saturated carbocycles. The van der Waals surface area contributed by atoms with Gasteiger partial charge in [-0.25, -0.2) is 4.79 Å². The summed E-state index contributed by atoms with van der Waals surface area (Å²) < 4.78 is 11.0. The topological polar surface area (TPSA) is 116 Å². The molecule has 9 nitrogen and oxygen atoms in total. The molecule has 0 bridgehead atoms. The number of fused-ring (bicyclic) bond motifs is 1. The highest BCUT2D eigenvalue weighted by Gasteiger charge is 2.24. The molecule has 3 aromatic rings. The Morgan fingerprint density at radius 3 is 2.71 bits per heavy atom. The zero-order chi connectivity index (χ0) is 20.4. The maximum Gasteiger partial charge on any atom is 0.361 e. The van der Waals surface area contributed by atoms with Crippen LogP contribution in [0.1, 0.15) is 34.4 Å². The maximum absolute atomic E-state index is 12.9. The van der Waals surface area contributed by atoms with E-state index in [1.807, 2.05) is 32.0 Å². The zero-order valence-corrected chi connectivity index (χ0v) is 16.0. The van der Waals surface area contributed by atoms with Gasteiger partial charge in [-0.3, -0.25) is 14.2 Å². The number of carbonyl (C=O) groups is 2. The minimum Gasteiger partial charge on any atom is -0.461 e. The monoisotopic (exact) mass is 384 g/mol. The molecule has 0 fully saturated rings. The lowest BCUT2D eigenvalue weighted by atomic mass is 10.1. The van der Waals surface area contributed by atoms with Crippen molar-refractivity contribution in [2.75, 3.05) is 11.9 Å². The molecule has 146 valence electrons. The summed E-state index contributed by atoms with van der Waals surface area (Å²) in [7, 11) is 0. The molecule has 3 rings (SSSR count). The van der Waals surface area contributed by atoms with Crippen LogP contribution >= 0.6 is 0 Å². The average molecular weight is 384 g/mol. The number of aryl methyl sites for hydroxylation is 3. The van der Waals surface area contributed by atoms with E-state index in [9.17, 15) is 14.4 Å². The van der Waals surface area contributed by atoms with Gasteiger partial charge < -0.3 is 14.6 Å². The van der Waals surface area contributed by atoms with Crippen molar-refractivity contribution < 1.29 is 18.8 Å². The van der Waals surface area contributed by atoms with Crippen LogP contribution in [-0.4, -0.2) is 33.2 Å². The first-order chi connectivity index (χ1) is 13.3. The Bertz CT molecular complexity index is 1130. The lowest BCUT2D eigenvalue weighted by molar-refractivity contribution is -0.116. The molecule has 0 unspecified atom stereocenters. The number of nitrogens with zero attached hydrogens (tertiary/aromatic N) is 3. The van der Waals surface area contributed by atoms with Crippen LogP contribution < -0.4 is 10.9 Å². The van der Waals surface area contributed by atoms with Crippen molar-refractivity contribution in [2.24, 2.45) is 0 Å². The SMILES string of the molecule is CCOC(=O)c1noc2nc(C)n(CC(=O)Nc3cc(C)ccc3C)c(=O)c12. The quantitative estimate of drug-likeness (QED) is 0.670. The van der Waals surface area contributed by atoms with Crippen LogP contribution in [0.3, 0.4) is 0 Å². The first-order valence-electron chi connectivity index (χ1n) is 8.72. The highest BCUT2D eigenvalue weighted by Crippen LogP contribution is 2.17. The fourth-order valence-electron chi connectivity index (χ4n) is 2.77. The Morgan fingerprint density at radius 2 is 2.00 bits per heavy atom. The number of ether oxygens (including phenoxy) is 1. The van der Waals surface area contributed by atoms with Crippen LogP contribution in [0.2, 0.25) is 0 Å². The van der Waals surface area contributed by atoms with Crippen LogP contribution in [0.15, 0.2) is 27.5 Å². The highest BCUT2D eigenvalue weighted by atomic mass is 16.5. The lowest BCUT2D eigenvalue weighted by Gasteiger charge is -2.12. The maximum atomic E-state index is 12.9. The molecule has 1 N–H and O–H groups in total. The van der Waals surface area contributed by atoms with Crippen molar-refractivity contribution in [3.8, 4) is 0 Å². The van der Waals surface area contributed by atoms with E-state index < -0.39 is 17.4 Å². The van der Waals surface area contributed by atoms with Gasteiger partial charge in [-0.2, -0.15) is 4.98 Å². The standard InChI is InChI=1S/C19H20N4O5/c1-5-27-19(26)16-15-17(28-22-16)20-12(4)23(18(15)25)9-14(24)21-13-8-10(2)6-7-11(13)3/h6-8H,5,9H2,1-4H3,(H,21,24). The van der Waals surface area contributed by atoms with Gasteiger partial charge in [-0.15, -0.1) is 0 Å². The van der Waals surface area contributed by atoms with Crippen molar-refractivity contribution in [3.05, 3.63) is 51.2 Å². The summed E-state index contributed by atoms with van der Waals surface area (Å²) in [6.45, 7) is 6.86. The summed E-state index contributed by atoms with van der Waals surface area (Å²) in [5, 5.41) is 6.29. The van der Waals surface area contributed by atoms with Crippen LogP contribution in [-0.2, 0) is 16.1 Å². The smallest absolute Gasteiger partial charge is 0.361 e. The molecule has 0 atom stereocenters. The number of aromatic nitrogens is 3. The number of nitrogens with one attached hydrogen (secondary N) is 1. The fraction of sp³-hybridized carbons (Fsp3) is 0.316. The molecule has 2 heterocycles. The number of benzene rings is 1. The molecule has 2 aromatic heterocycles. The molecule has 0 saturated heterocycles. The molecule has 1 aromatic carbocycles. The average Bonchev–Trinajstić information content (AvgIpc) is 3.06. The van der Waals surface area contributed by atoms with Gasteiger partial charge in [0.25, 0.3) is 11.3 Å². The van der Waals surface area contributed by atoms with Crippen LogP contribution in [0.25, 0.3) is 11.1 Å². The molecule has 1 amide bonds. The van der Waals surface area contributed by atoms with Crippen molar-refractivity contribution in [2.45, 2.75) is 34.2 Å². The van der Waals surface area contributed by atoms with Gasteiger partial charge in [0.05, 0.1) is 6.61 Å². The van der Waals surface area contributed by atoms with Crippen LogP contribution in [0.5, 0.6) is 0 Å². The van der Waals surface area contributed by atoms with E-state index >= 15 is 0 Å². The molecular weight excluding hydrogens is 364 g/mol. The molecular formula is C19H20N4O5.